The van der Waals surface area contributed by atoms with Gasteiger partial charge in [-0.1, -0.05) is 37.3 Å². The molecule has 0 radical (unpaired) electrons. The van der Waals surface area contributed by atoms with Crippen LogP contribution in [0.15, 0.2) is 48.5 Å². The lowest BCUT2D eigenvalue weighted by molar-refractivity contribution is -0.140. The molecule has 2 atom stereocenters. The Morgan fingerprint density at radius 3 is 2.37 bits per heavy atom. The van der Waals surface area contributed by atoms with E-state index < -0.39 is 35.6 Å². The summed E-state index contributed by atoms with van der Waals surface area (Å²) in [6.45, 7) is 9.16. The molecule has 0 saturated carbocycles. The molecule has 0 heterocycles. The van der Waals surface area contributed by atoms with Crippen LogP contribution in [0.1, 0.15) is 51.3 Å². The van der Waals surface area contributed by atoms with E-state index >= 15 is 0 Å². The van der Waals surface area contributed by atoms with Crippen LogP contribution in [0.25, 0.3) is 0 Å². The van der Waals surface area contributed by atoms with Crippen LogP contribution in [0.5, 0.6) is 5.75 Å². The molecule has 190 valence electrons. The van der Waals surface area contributed by atoms with Crippen molar-refractivity contribution in [1.29, 1.82) is 0 Å². The number of phenolic OH excluding ortho intramolecular Hbond substituents is 1. The molecule has 3 N–H and O–H groups in total. The Morgan fingerprint density at radius 2 is 1.80 bits per heavy atom. The number of rotatable bonds is 9. The van der Waals surface area contributed by atoms with Crippen LogP contribution in [-0.4, -0.2) is 51.9 Å². The Bertz CT molecular complexity index is 1040. The van der Waals surface area contributed by atoms with Crippen molar-refractivity contribution in [3.05, 3.63) is 59.7 Å². The number of ether oxygens (including phenoxy) is 1. The first-order valence-electron chi connectivity index (χ1n) is 11.5. The van der Waals surface area contributed by atoms with Crippen molar-refractivity contribution in [2.45, 2.75) is 58.7 Å². The van der Waals surface area contributed by atoms with Crippen LogP contribution in [0.2, 0.25) is 0 Å². The highest BCUT2D eigenvalue weighted by molar-refractivity contribution is 7.80. The summed E-state index contributed by atoms with van der Waals surface area (Å²) in [7, 11) is 0. The van der Waals surface area contributed by atoms with Crippen LogP contribution in [0.3, 0.4) is 0 Å². The molecule has 9 heteroatoms. The monoisotopic (exact) mass is 501 g/mol. The number of hydrogen-bond donors (Lipinski definition) is 4. The lowest BCUT2D eigenvalue weighted by Gasteiger charge is -2.34. The number of carbonyl (C=O) groups excluding carboxylic acids is 3. The van der Waals surface area contributed by atoms with Crippen LogP contribution < -0.4 is 10.6 Å². The first kappa shape index (κ1) is 28.0. The number of hydrogen-bond acceptors (Lipinski definition) is 6. The smallest absolute Gasteiger partial charge is 0.408 e. The Morgan fingerprint density at radius 1 is 1.11 bits per heavy atom. The normalized spacial score (nSPS) is 12.9. The summed E-state index contributed by atoms with van der Waals surface area (Å²) in [5.41, 5.74) is 1.18. The van der Waals surface area contributed by atoms with Gasteiger partial charge in [0.1, 0.15) is 23.4 Å². The first-order chi connectivity index (χ1) is 16.5. The van der Waals surface area contributed by atoms with Crippen molar-refractivity contribution >= 4 is 36.2 Å². The summed E-state index contributed by atoms with van der Waals surface area (Å²) in [5, 5.41) is 15.6. The van der Waals surface area contributed by atoms with E-state index in [2.05, 4.69) is 23.3 Å². The number of carbonyl (C=O) groups is 3. The largest absolute Gasteiger partial charge is 0.508 e. The number of para-hydroxylation sites is 1. The van der Waals surface area contributed by atoms with Crippen LogP contribution in [0, 0.1) is 6.92 Å². The third kappa shape index (κ3) is 8.20. The third-order valence-corrected chi connectivity index (χ3v) is 5.43. The maximum absolute atomic E-state index is 13.7. The fraction of sp³-hybridized carbons (Fsp3) is 0.423. The number of aromatic hydroxyl groups is 1. The van der Waals surface area contributed by atoms with Gasteiger partial charge < -0.3 is 25.4 Å². The summed E-state index contributed by atoms with van der Waals surface area (Å²) in [5.74, 6) is -0.953. The zero-order valence-corrected chi connectivity index (χ0v) is 21.8. The number of phenols is 1. The van der Waals surface area contributed by atoms with Crippen molar-refractivity contribution in [2.24, 2.45) is 0 Å². The van der Waals surface area contributed by atoms with Crippen LogP contribution in [0.4, 0.5) is 10.5 Å². The van der Waals surface area contributed by atoms with E-state index in [4.69, 9.17) is 4.74 Å². The number of anilines is 1. The van der Waals surface area contributed by atoms with Crippen molar-refractivity contribution in [3.63, 3.8) is 0 Å². The van der Waals surface area contributed by atoms with E-state index in [1.165, 1.54) is 17.0 Å². The van der Waals surface area contributed by atoms with E-state index in [0.29, 0.717) is 17.7 Å². The SMILES string of the molecule is CCCN(C(=O)C(CS)NC(=O)OC(C)(C)C)C(C(=O)Nc1ccccc1C)c1cccc(O)c1. The number of aryl methyl sites for hydroxylation is 1. The topological polar surface area (TPSA) is 108 Å². The van der Waals surface area contributed by atoms with Gasteiger partial charge in [0.25, 0.3) is 5.91 Å². The lowest BCUT2D eigenvalue weighted by Crippen LogP contribution is -2.53. The molecule has 35 heavy (non-hydrogen) atoms. The zero-order chi connectivity index (χ0) is 26.2. The fourth-order valence-corrected chi connectivity index (χ4v) is 3.77. The fourth-order valence-electron chi connectivity index (χ4n) is 3.52. The number of amides is 3. The van der Waals surface area contributed by atoms with Gasteiger partial charge in [-0.05, 0) is 63.4 Å². The molecule has 3 amide bonds. The van der Waals surface area contributed by atoms with Crippen molar-refractivity contribution in [2.75, 3.05) is 17.6 Å². The van der Waals surface area contributed by atoms with Gasteiger partial charge in [0.05, 0.1) is 0 Å². The van der Waals surface area contributed by atoms with Crippen molar-refractivity contribution in [1.82, 2.24) is 10.2 Å². The first-order valence-corrected chi connectivity index (χ1v) is 12.2. The van der Waals surface area contributed by atoms with Crippen LogP contribution >= 0.6 is 12.6 Å². The lowest BCUT2D eigenvalue weighted by atomic mass is 10.0. The molecule has 2 aromatic carbocycles. The zero-order valence-electron chi connectivity index (χ0n) is 20.9. The second-order valence-corrected chi connectivity index (χ2v) is 9.58. The Labute approximate surface area is 212 Å². The van der Waals surface area contributed by atoms with Crippen molar-refractivity contribution in [3.8, 4) is 5.75 Å². The second-order valence-electron chi connectivity index (χ2n) is 9.21. The van der Waals surface area contributed by atoms with Crippen molar-refractivity contribution < 1.29 is 24.2 Å². The van der Waals surface area contributed by atoms with E-state index in [0.717, 1.165) is 5.56 Å². The minimum Gasteiger partial charge on any atom is -0.508 e. The molecule has 2 aromatic rings. The van der Waals surface area contributed by atoms with Gasteiger partial charge in [-0.3, -0.25) is 9.59 Å². The van der Waals surface area contributed by atoms with E-state index in [-0.39, 0.29) is 18.0 Å². The van der Waals surface area contributed by atoms with Gasteiger partial charge in [-0.15, -0.1) is 0 Å². The molecule has 0 aliphatic heterocycles. The maximum atomic E-state index is 13.7. The number of nitrogens with one attached hydrogen (secondary N) is 2. The predicted molar refractivity (Wildman–Crippen MR) is 140 cm³/mol. The molecule has 2 rings (SSSR count). The molecule has 0 aromatic heterocycles. The van der Waals surface area contributed by atoms with Gasteiger partial charge in [-0.2, -0.15) is 12.6 Å². The van der Waals surface area contributed by atoms with Gasteiger partial charge in [-0.25, -0.2) is 4.79 Å². The summed E-state index contributed by atoms with van der Waals surface area (Å²) in [4.78, 5) is 41.0. The number of nitrogens with zero attached hydrogens (tertiary/aromatic N) is 1. The number of benzene rings is 2. The molecule has 8 nitrogen and oxygen atoms in total. The Hall–Kier alpha value is -3.20. The van der Waals surface area contributed by atoms with Gasteiger partial charge in [0, 0.05) is 18.0 Å². The van der Waals surface area contributed by atoms with E-state index in [1.54, 1.807) is 39.0 Å². The van der Waals surface area contributed by atoms with Gasteiger partial charge >= 0.3 is 6.09 Å². The van der Waals surface area contributed by atoms with Gasteiger partial charge in [0.15, 0.2) is 0 Å². The quantitative estimate of drug-likeness (QED) is 0.380. The number of alkyl carbamates (subject to hydrolysis) is 1. The molecule has 0 bridgehead atoms. The molecular weight excluding hydrogens is 466 g/mol. The molecule has 0 aliphatic rings. The molecule has 2 unspecified atom stereocenters. The maximum Gasteiger partial charge on any atom is 0.408 e. The van der Waals surface area contributed by atoms with Crippen LogP contribution in [-0.2, 0) is 14.3 Å². The summed E-state index contributed by atoms with van der Waals surface area (Å²) < 4.78 is 5.29. The highest BCUT2D eigenvalue weighted by Gasteiger charge is 2.35. The summed E-state index contributed by atoms with van der Waals surface area (Å²) in [6, 6.07) is 11.5. The average Bonchev–Trinajstić information content (AvgIpc) is 2.77. The van der Waals surface area contributed by atoms with Gasteiger partial charge in [0.2, 0.25) is 5.91 Å². The standard InChI is InChI=1S/C26H35N3O5S/c1-6-14-29(24(32)21(16-35)28-25(33)34-26(3,4)5)22(18-11-9-12-19(30)15-18)23(31)27-20-13-8-7-10-17(20)2/h7-13,15,21-22,30,35H,6,14,16H2,1-5H3,(H,27,31)(H,28,33). The third-order valence-electron chi connectivity index (χ3n) is 5.07. The molecule has 0 fully saturated rings. The summed E-state index contributed by atoms with van der Waals surface area (Å²) in [6.07, 6.45) is -0.190. The minimum atomic E-state index is -1.06. The predicted octanol–water partition coefficient (Wildman–Crippen LogP) is 4.44. The highest BCUT2D eigenvalue weighted by Crippen LogP contribution is 2.28. The summed E-state index contributed by atoms with van der Waals surface area (Å²) >= 11 is 4.26. The molecule has 0 spiro atoms. The number of thiol groups is 1. The Balaban J connectivity index is 2.44. The Kier molecular flexibility index (Phi) is 10.0. The molecule has 0 saturated heterocycles. The van der Waals surface area contributed by atoms with E-state index in [9.17, 15) is 19.5 Å². The average molecular weight is 502 g/mol. The minimum absolute atomic E-state index is 0.00443. The molecular formula is C26H35N3O5S. The molecule has 0 aliphatic carbocycles. The second kappa shape index (κ2) is 12.5. The highest BCUT2D eigenvalue weighted by atomic mass is 32.1. The van der Waals surface area contributed by atoms with E-state index in [1.807, 2.05) is 32.0 Å².